The Hall–Kier alpha value is -2.61. The third-order valence-electron chi connectivity index (χ3n) is 2.56. The van der Waals surface area contributed by atoms with Crippen molar-refractivity contribution in [2.75, 3.05) is 5.32 Å². The molecule has 2 aromatic rings. The predicted molar refractivity (Wildman–Crippen MR) is 78.2 cm³/mol. The highest BCUT2D eigenvalue weighted by atomic mass is 32.1. The number of hydrogen-bond donors (Lipinski definition) is 2. The van der Waals surface area contributed by atoms with Crippen LogP contribution in [0.4, 0.5) is 5.95 Å². The lowest BCUT2D eigenvalue weighted by Gasteiger charge is -2.02. The van der Waals surface area contributed by atoms with Crippen molar-refractivity contribution in [1.82, 2.24) is 15.2 Å². The molecule has 0 spiro atoms. The molecular weight excluding hydrogens is 292 g/mol. The fraction of sp³-hybridized carbons (Fsp3) is 0.154. The van der Waals surface area contributed by atoms with Gasteiger partial charge in [0, 0.05) is 11.0 Å². The monoisotopic (exact) mass is 304 g/mol. The van der Waals surface area contributed by atoms with Crippen LogP contribution in [-0.2, 0) is 4.79 Å². The topological polar surface area (TPSA) is 105 Å². The summed E-state index contributed by atoms with van der Waals surface area (Å²) in [5.41, 5.74) is 1.39. The van der Waals surface area contributed by atoms with Gasteiger partial charge in [-0.15, -0.1) is 16.4 Å². The van der Waals surface area contributed by atoms with Crippen molar-refractivity contribution in [3.8, 4) is 0 Å². The molecule has 0 radical (unpaired) electrons. The number of thiophene rings is 1. The fourth-order valence-corrected chi connectivity index (χ4v) is 2.20. The van der Waals surface area contributed by atoms with Crippen LogP contribution >= 0.6 is 11.3 Å². The number of aromatic nitrogens is 3. The number of carboxylic acid groups (broad SMARTS) is 1. The summed E-state index contributed by atoms with van der Waals surface area (Å²) in [6.07, 6.45) is 2.45. The molecule has 7 nitrogen and oxygen atoms in total. The van der Waals surface area contributed by atoms with Gasteiger partial charge in [0.15, 0.2) is 0 Å². The van der Waals surface area contributed by atoms with Crippen LogP contribution in [0.3, 0.4) is 0 Å². The Labute approximate surface area is 124 Å². The van der Waals surface area contributed by atoms with Crippen molar-refractivity contribution in [2.45, 2.75) is 13.8 Å². The first kappa shape index (κ1) is 14.8. The van der Waals surface area contributed by atoms with Crippen LogP contribution in [0.15, 0.2) is 18.2 Å². The molecule has 0 unspecified atom stereocenters. The Balaban J connectivity index is 2.10. The highest BCUT2D eigenvalue weighted by Gasteiger charge is 2.11. The van der Waals surface area contributed by atoms with E-state index < -0.39 is 5.97 Å². The van der Waals surface area contributed by atoms with Crippen molar-refractivity contribution in [2.24, 2.45) is 0 Å². The van der Waals surface area contributed by atoms with Gasteiger partial charge in [-0.05, 0) is 32.1 Å². The number of carboxylic acids is 1. The molecule has 2 heterocycles. The van der Waals surface area contributed by atoms with Gasteiger partial charge in [0.25, 0.3) is 5.91 Å². The molecule has 2 rings (SSSR count). The van der Waals surface area contributed by atoms with Gasteiger partial charge in [-0.25, -0.2) is 9.78 Å². The van der Waals surface area contributed by atoms with Crippen LogP contribution in [0.25, 0.3) is 6.08 Å². The molecule has 1 amide bonds. The molecule has 2 aromatic heterocycles. The maximum Gasteiger partial charge on any atom is 0.328 e. The molecule has 21 heavy (non-hydrogen) atoms. The van der Waals surface area contributed by atoms with Crippen LogP contribution in [0.5, 0.6) is 0 Å². The molecular formula is C13H12N4O3S. The summed E-state index contributed by atoms with van der Waals surface area (Å²) in [4.78, 5) is 27.7. The van der Waals surface area contributed by atoms with E-state index >= 15 is 0 Å². The number of rotatable bonds is 4. The van der Waals surface area contributed by atoms with Gasteiger partial charge in [-0.2, -0.15) is 5.10 Å². The van der Waals surface area contributed by atoms with Crippen LogP contribution in [0.2, 0.25) is 0 Å². The number of carbonyl (C=O) groups is 2. The van der Waals surface area contributed by atoms with E-state index in [-0.39, 0.29) is 11.9 Å². The zero-order valence-electron chi connectivity index (χ0n) is 11.3. The molecule has 0 bridgehead atoms. The second kappa shape index (κ2) is 6.23. The highest BCUT2D eigenvalue weighted by Crippen LogP contribution is 2.19. The number of aliphatic carboxylic acids is 1. The normalized spacial score (nSPS) is 10.8. The molecule has 108 valence electrons. The van der Waals surface area contributed by atoms with E-state index in [9.17, 15) is 9.59 Å². The predicted octanol–water partition coefficient (Wildman–Crippen LogP) is 1.90. The average Bonchev–Trinajstić information content (AvgIpc) is 2.89. The van der Waals surface area contributed by atoms with Crippen molar-refractivity contribution in [3.63, 3.8) is 0 Å². The van der Waals surface area contributed by atoms with E-state index in [4.69, 9.17) is 5.11 Å². The quantitative estimate of drug-likeness (QED) is 0.836. The summed E-state index contributed by atoms with van der Waals surface area (Å²) in [5.74, 6) is -1.26. The van der Waals surface area contributed by atoms with Crippen LogP contribution in [0.1, 0.15) is 25.9 Å². The fourth-order valence-electron chi connectivity index (χ4n) is 1.39. The average molecular weight is 304 g/mol. The standard InChI is InChI=1S/C13H12N4O3S/c1-7-8(2)16-17-13(14-7)15-12(20)10-5-3-9(21-10)4-6-11(18)19/h3-6H,1-2H3,(H,18,19)(H,14,15,17,20)/b6-4+. The van der Waals surface area contributed by atoms with Crippen LogP contribution < -0.4 is 5.32 Å². The van der Waals surface area contributed by atoms with Crippen LogP contribution in [0, 0.1) is 13.8 Å². The number of hydrogen-bond acceptors (Lipinski definition) is 6. The summed E-state index contributed by atoms with van der Waals surface area (Å²) in [7, 11) is 0. The SMILES string of the molecule is Cc1nnc(NC(=O)c2ccc(/C=C/C(=O)O)s2)nc1C. The van der Waals surface area contributed by atoms with Crippen molar-refractivity contribution in [1.29, 1.82) is 0 Å². The molecule has 0 saturated carbocycles. The van der Waals surface area contributed by atoms with Crippen molar-refractivity contribution in [3.05, 3.63) is 39.4 Å². The van der Waals surface area contributed by atoms with E-state index in [0.29, 0.717) is 21.1 Å². The minimum atomic E-state index is -1.04. The Bertz CT molecular complexity index is 724. The van der Waals surface area contributed by atoms with E-state index in [0.717, 1.165) is 6.08 Å². The van der Waals surface area contributed by atoms with Crippen molar-refractivity contribution < 1.29 is 14.7 Å². The van der Waals surface area contributed by atoms with Gasteiger partial charge in [0.05, 0.1) is 16.3 Å². The molecule has 0 aliphatic carbocycles. The zero-order chi connectivity index (χ0) is 15.4. The van der Waals surface area contributed by atoms with Gasteiger partial charge in [0.2, 0.25) is 5.95 Å². The molecule has 0 aromatic carbocycles. The summed E-state index contributed by atoms with van der Waals surface area (Å²) < 4.78 is 0. The first-order chi connectivity index (χ1) is 9.95. The lowest BCUT2D eigenvalue weighted by Crippen LogP contribution is -2.14. The van der Waals surface area contributed by atoms with E-state index in [1.54, 1.807) is 26.0 Å². The second-order valence-corrected chi connectivity index (χ2v) is 5.25. The molecule has 0 atom stereocenters. The number of anilines is 1. The third kappa shape index (κ3) is 3.93. The zero-order valence-corrected chi connectivity index (χ0v) is 12.1. The molecule has 0 saturated heterocycles. The van der Waals surface area contributed by atoms with Gasteiger partial charge < -0.3 is 5.11 Å². The van der Waals surface area contributed by atoms with E-state index in [2.05, 4.69) is 20.5 Å². The Morgan fingerprint density at radius 1 is 1.24 bits per heavy atom. The summed E-state index contributed by atoms with van der Waals surface area (Å²) in [5, 5.41) is 18.8. The maximum absolute atomic E-state index is 12.0. The lowest BCUT2D eigenvalue weighted by atomic mass is 10.4. The molecule has 0 aliphatic rings. The van der Waals surface area contributed by atoms with Gasteiger partial charge in [0.1, 0.15) is 0 Å². The number of nitrogens with zero attached hydrogens (tertiary/aromatic N) is 3. The van der Waals surface area contributed by atoms with E-state index in [1.165, 1.54) is 17.4 Å². The molecule has 0 fully saturated rings. The Morgan fingerprint density at radius 3 is 2.67 bits per heavy atom. The highest BCUT2D eigenvalue weighted by molar-refractivity contribution is 7.15. The molecule has 0 aliphatic heterocycles. The lowest BCUT2D eigenvalue weighted by molar-refractivity contribution is -0.131. The number of amides is 1. The summed E-state index contributed by atoms with van der Waals surface area (Å²) in [6.45, 7) is 3.56. The van der Waals surface area contributed by atoms with Crippen molar-refractivity contribution >= 4 is 35.2 Å². The number of nitrogens with one attached hydrogen (secondary N) is 1. The van der Waals surface area contributed by atoms with E-state index in [1.807, 2.05) is 0 Å². The number of carbonyl (C=O) groups excluding carboxylic acids is 1. The maximum atomic E-state index is 12.0. The number of aryl methyl sites for hydroxylation is 2. The summed E-state index contributed by atoms with van der Waals surface area (Å²) >= 11 is 1.17. The van der Waals surface area contributed by atoms with Crippen LogP contribution in [-0.4, -0.2) is 32.2 Å². The first-order valence-electron chi connectivity index (χ1n) is 5.96. The summed E-state index contributed by atoms with van der Waals surface area (Å²) in [6, 6.07) is 3.27. The van der Waals surface area contributed by atoms with Gasteiger partial charge in [-0.1, -0.05) is 0 Å². The minimum Gasteiger partial charge on any atom is -0.478 e. The third-order valence-corrected chi connectivity index (χ3v) is 3.61. The van der Waals surface area contributed by atoms with Gasteiger partial charge in [-0.3, -0.25) is 10.1 Å². The minimum absolute atomic E-state index is 0.138. The second-order valence-electron chi connectivity index (χ2n) is 4.13. The first-order valence-corrected chi connectivity index (χ1v) is 6.77. The largest absolute Gasteiger partial charge is 0.478 e. The molecule has 2 N–H and O–H groups in total. The smallest absolute Gasteiger partial charge is 0.328 e. The Morgan fingerprint density at radius 2 is 2.00 bits per heavy atom. The van der Waals surface area contributed by atoms with Gasteiger partial charge >= 0.3 is 5.97 Å². The molecule has 8 heteroatoms. The Kier molecular flexibility index (Phi) is 4.39.